The molecule has 1 saturated heterocycles. The molecule has 32 heavy (non-hydrogen) atoms. The number of aliphatic hydroxyl groups excluding tert-OH is 1. The second kappa shape index (κ2) is 11.0. The Morgan fingerprint density at radius 2 is 2.00 bits per heavy atom. The molecule has 0 bridgehead atoms. The number of pyridine rings is 1. The molecule has 1 aliphatic heterocycles. The predicted octanol–water partition coefficient (Wildman–Crippen LogP) is 1.92. The molecule has 4 rings (SSSR count). The van der Waals surface area contributed by atoms with Crippen molar-refractivity contribution >= 4 is 5.91 Å². The van der Waals surface area contributed by atoms with Gasteiger partial charge in [0, 0.05) is 31.6 Å². The molecule has 0 saturated carbocycles. The monoisotopic (exact) mass is 435 g/mol. The van der Waals surface area contributed by atoms with Crippen molar-refractivity contribution < 1.29 is 14.6 Å². The number of aliphatic hydroxyl groups is 1. The number of aromatic nitrogens is 4. The lowest BCUT2D eigenvalue weighted by atomic mass is 9.97. The highest BCUT2D eigenvalue weighted by molar-refractivity contribution is 5.78. The number of nitrogens with zero attached hydrogens (tertiary/aromatic N) is 4. The van der Waals surface area contributed by atoms with Crippen molar-refractivity contribution in [3.05, 3.63) is 77.9 Å². The summed E-state index contributed by atoms with van der Waals surface area (Å²) in [6.45, 7) is 0.571. The van der Waals surface area contributed by atoms with Crippen LogP contribution in [0.25, 0.3) is 0 Å². The van der Waals surface area contributed by atoms with Crippen molar-refractivity contribution in [3.8, 4) is 0 Å². The summed E-state index contributed by atoms with van der Waals surface area (Å²) in [6, 6.07) is 13.7. The van der Waals surface area contributed by atoms with Gasteiger partial charge in [0.15, 0.2) is 0 Å². The van der Waals surface area contributed by atoms with E-state index in [0.29, 0.717) is 6.54 Å². The van der Waals surface area contributed by atoms with E-state index < -0.39 is 6.10 Å². The van der Waals surface area contributed by atoms with Gasteiger partial charge in [-0.3, -0.25) is 14.5 Å². The molecule has 168 valence electrons. The molecule has 1 amide bonds. The van der Waals surface area contributed by atoms with E-state index in [1.165, 1.54) is 5.56 Å². The zero-order chi connectivity index (χ0) is 22.2. The van der Waals surface area contributed by atoms with Gasteiger partial charge < -0.3 is 15.2 Å². The van der Waals surface area contributed by atoms with Crippen LogP contribution >= 0.6 is 0 Å². The van der Waals surface area contributed by atoms with Crippen molar-refractivity contribution in [3.63, 3.8) is 0 Å². The van der Waals surface area contributed by atoms with Crippen LogP contribution in [-0.2, 0) is 28.9 Å². The number of hydrogen-bond donors (Lipinski definition) is 2. The van der Waals surface area contributed by atoms with Crippen molar-refractivity contribution in [1.82, 2.24) is 25.3 Å². The Balaban J connectivity index is 1.23. The highest BCUT2D eigenvalue weighted by atomic mass is 16.5. The molecule has 8 heteroatoms. The average Bonchev–Trinajstić information content (AvgIpc) is 3.27. The van der Waals surface area contributed by atoms with Gasteiger partial charge in [-0.25, -0.2) is 0 Å². The van der Waals surface area contributed by atoms with Crippen LogP contribution in [0.2, 0.25) is 0 Å². The normalized spacial score (nSPS) is 20.7. The number of aryl methyl sites for hydroxylation is 1. The van der Waals surface area contributed by atoms with Gasteiger partial charge in [-0.1, -0.05) is 41.6 Å². The minimum atomic E-state index is -0.406. The molecule has 8 nitrogen and oxygen atoms in total. The molecule has 1 fully saturated rings. The molecule has 2 N–H and O–H groups in total. The molecule has 3 heterocycles. The molecule has 3 aromatic rings. The summed E-state index contributed by atoms with van der Waals surface area (Å²) in [5, 5.41) is 21.3. The maximum Gasteiger partial charge on any atom is 0.224 e. The molecule has 0 spiro atoms. The van der Waals surface area contributed by atoms with E-state index in [9.17, 15) is 9.90 Å². The fourth-order valence-electron chi connectivity index (χ4n) is 4.07. The number of rotatable bonds is 9. The van der Waals surface area contributed by atoms with Gasteiger partial charge in [-0.2, -0.15) is 0 Å². The van der Waals surface area contributed by atoms with Crippen LogP contribution in [0.3, 0.4) is 0 Å². The molecule has 3 atom stereocenters. The van der Waals surface area contributed by atoms with Crippen LogP contribution in [0, 0.1) is 0 Å². The first-order valence-corrected chi connectivity index (χ1v) is 11.1. The van der Waals surface area contributed by atoms with Gasteiger partial charge in [0.1, 0.15) is 6.10 Å². The van der Waals surface area contributed by atoms with Crippen LogP contribution in [-0.4, -0.2) is 55.8 Å². The van der Waals surface area contributed by atoms with Crippen LogP contribution in [0.4, 0.5) is 0 Å². The van der Waals surface area contributed by atoms with E-state index in [1.54, 1.807) is 12.4 Å². The van der Waals surface area contributed by atoms with Gasteiger partial charge in [-0.15, -0.1) is 5.10 Å². The van der Waals surface area contributed by atoms with Gasteiger partial charge in [0.2, 0.25) is 5.91 Å². The Labute approximate surface area is 187 Å². The summed E-state index contributed by atoms with van der Waals surface area (Å²) in [5.41, 5.74) is 3.00. The van der Waals surface area contributed by atoms with Crippen molar-refractivity contribution in [1.29, 1.82) is 0 Å². The maximum atomic E-state index is 12.4. The number of nitrogens with one attached hydrogen (secondary N) is 1. The first-order chi connectivity index (χ1) is 15.7. The maximum absolute atomic E-state index is 12.4. The molecule has 0 radical (unpaired) electrons. The Morgan fingerprint density at radius 3 is 2.78 bits per heavy atom. The number of carbonyl (C=O) groups excluding carboxylic acids is 1. The second-order valence-electron chi connectivity index (χ2n) is 8.19. The van der Waals surface area contributed by atoms with Crippen molar-refractivity contribution in [2.24, 2.45) is 0 Å². The second-order valence-corrected chi connectivity index (χ2v) is 8.19. The van der Waals surface area contributed by atoms with Gasteiger partial charge in [-0.05, 0) is 36.5 Å². The summed E-state index contributed by atoms with van der Waals surface area (Å²) >= 11 is 0. The molecule has 0 aliphatic carbocycles. The Morgan fingerprint density at radius 1 is 1.16 bits per heavy atom. The summed E-state index contributed by atoms with van der Waals surface area (Å²) in [6.07, 6.45) is 8.34. The van der Waals surface area contributed by atoms with Crippen LogP contribution in [0.1, 0.15) is 36.1 Å². The van der Waals surface area contributed by atoms with E-state index >= 15 is 0 Å². The minimum absolute atomic E-state index is 0.0143. The zero-order valence-corrected chi connectivity index (χ0v) is 18.0. The lowest BCUT2D eigenvalue weighted by Gasteiger charge is -2.36. The summed E-state index contributed by atoms with van der Waals surface area (Å²) in [4.78, 5) is 16.4. The third-order valence-electron chi connectivity index (χ3n) is 5.72. The quantitative estimate of drug-likeness (QED) is 0.532. The van der Waals surface area contributed by atoms with E-state index in [-0.39, 0.29) is 31.1 Å². The molecular weight excluding hydrogens is 406 g/mol. The number of benzene rings is 1. The molecule has 2 aromatic heterocycles. The van der Waals surface area contributed by atoms with E-state index in [1.807, 2.05) is 41.2 Å². The topological polar surface area (TPSA) is 102 Å². The molecule has 1 aliphatic rings. The fraction of sp³-hybridized carbons (Fsp3) is 0.417. The molecule has 1 aromatic carbocycles. The lowest BCUT2D eigenvalue weighted by Crippen LogP contribution is -2.51. The van der Waals surface area contributed by atoms with Crippen LogP contribution in [0.5, 0.6) is 0 Å². The van der Waals surface area contributed by atoms with Crippen LogP contribution in [0.15, 0.2) is 61.1 Å². The molecular formula is C24H29N5O3. The number of carbonyl (C=O) groups is 1. The summed E-state index contributed by atoms with van der Waals surface area (Å²) < 4.78 is 7.93. The summed E-state index contributed by atoms with van der Waals surface area (Å²) in [7, 11) is 0. The number of ether oxygens (including phenoxy) is 1. The zero-order valence-electron chi connectivity index (χ0n) is 18.0. The Kier molecular flexibility index (Phi) is 7.58. The minimum Gasteiger partial charge on any atom is -0.394 e. The average molecular weight is 436 g/mol. The third-order valence-corrected chi connectivity index (χ3v) is 5.72. The third kappa shape index (κ3) is 6.21. The van der Waals surface area contributed by atoms with E-state index in [2.05, 4.69) is 32.7 Å². The van der Waals surface area contributed by atoms with Crippen molar-refractivity contribution in [2.75, 3.05) is 6.61 Å². The standard InChI is InChI=1S/C24H29N5O3/c30-17-23-22(26-24(31)14-19-7-4-11-25-15-19)9-8-21(32-23)10-12-29-16-20(27-28-29)13-18-5-2-1-3-6-18/h1-7,11,15-16,21-23,30H,8-10,12-14,17H2,(H,26,31)/t21-,22+,23-/m1/s1. The van der Waals surface area contributed by atoms with E-state index in [4.69, 9.17) is 4.74 Å². The predicted molar refractivity (Wildman–Crippen MR) is 119 cm³/mol. The Bertz CT molecular complexity index is 980. The first-order valence-electron chi connectivity index (χ1n) is 11.1. The highest BCUT2D eigenvalue weighted by Crippen LogP contribution is 2.22. The fourth-order valence-corrected chi connectivity index (χ4v) is 4.07. The molecule has 0 unspecified atom stereocenters. The first kappa shape index (κ1) is 22.1. The largest absolute Gasteiger partial charge is 0.394 e. The smallest absolute Gasteiger partial charge is 0.224 e. The van der Waals surface area contributed by atoms with Crippen molar-refractivity contribution in [2.45, 2.75) is 56.9 Å². The lowest BCUT2D eigenvalue weighted by molar-refractivity contribution is -0.128. The number of amides is 1. The van der Waals surface area contributed by atoms with Gasteiger partial charge in [0.05, 0.1) is 30.9 Å². The highest BCUT2D eigenvalue weighted by Gasteiger charge is 2.31. The van der Waals surface area contributed by atoms with Gasteiger partial charge in [0.25, 0.3) is 0 Å². The van der Waals surface area contributed by atoms with Gasteiger partial charge >= 0.3 is 0 Å². The summed E-state index contributed by atoms with van der Waals surface area (Å²) in [5.74, 6) is -0.0861. The van der Waals surface area contributed by atoms with Crippen LogP contribution < -0.4 is 5.32 Å². The number of hydrogen-bond acceptors (Lipinski definition) is 6. The van der Waals surface area contributed by atoms with E-state index in [0.717, 1.165) is 36.9 Å². The Hall–Kier alpha value is -3.10. The SMILES string of the molecule is O=C(Cc1cccnc1)N[C@H]1CC[C@H](CCn2cc(Cc3ccccc3)nn2)O[C@@H]1CO.